The van der Waals surface area contributed by atoms with Gasteiger partial charge in [-0.1, -0.05) is 17.2 Å². The molecule has 0 spiro atoms. The number of hydrogen-bond acceptors (Lipinski definition) is 4. The molecule has 1 aromatic heterocycles. The Morgan fingerprint density at radius 1 is 1.00 bits per heavy atom. The van der Waals surface area contributed by atoms with Gasteiger partial charge in [0.1, 0.15) is 11.3 Å². The van der Waals surface area contributed by atoms with E-state index in [1.807, 2.05) is 30.3 Å². The highest BCUT2D eigenvalue weighted by Gasteiger charge is 2.10. The molecule has 6 heteroatoms. The summed E-state index contributed by atoms with van der Waals surface area (Å²) in [5.41, 5.74) is 6.24. The van der Waals surface area contributed by atoms with Crippen LogP contribution in [0.2, 0.25) is 0 Å². The number of benzene rings is 3. The molecule has 0 bridgehead atoms. The molecule has 0 atom stereocenters. The van der Waals surface area contributed by atoms with Crippen LogP contribution >= 0.6 is 45.2 Å². The smallest absolute Gasteiger partial charge is 0.227 e. The first-order chi connectivity index (χ1) is 13.4. The van der Waals surface area contributed by atoms with Gasteiger partial charge in [0, 0.05) is 20.9 Å². The summed E-state index contributed by atoms with van der Waals surface area (Å²) in [6.07, 6.45) is 1.67. The molecular weight excluding hydrogens is 578 g/mol. The van der Waals surface area contributed by atoms with Gasteiger partial charge in [-0.05, 0) is 101 Å². The number of aromatic nitrogens is 1. The average Bonchev–Trinajstić information content (AvgIpc) is 3.06. The van der Waals surface area contributed by atoms with E-state index in [9.17, 15) is 5.11 Å². The summed E-state index contributed by atoms with van der Waals surface area (Å²) < 4.78 is 7.78. The number of nitrogens with zero attached hydrogens (tertiary/aromatic N) is 2. The lowest BCUT2D eigenvalue weighted by atomic mass is 10.1. The second-order valence-corrected chi connectivity index (χ2v) is 9.04. The van der Waals surface area contributed by atoms with Crippen LogP contribution in [0.15, 0.2) is 57.9 Å². The fraction of sp³-hybridized carbons (Fsp3) is 0.0909. The van der Waals surface area contributed by atoms with Crippen molar-refractivity contribution in [2.24, 2.45) is 4.99 Å². The molecule has 4 nitrogen and oxygen atoms in total. The summed E-state index contributed by atoms with van der Waals surface area (Å²) in [7, 11) is 0. The van der Waals surface area contributed by atoms with E-state index >= 15 is 0 Å². The second-order valence-electron chi connectivity index (χ2n) is 6.63. The Bertz CT molecular complexity index is 1210. The minimum Gasteiger partial charge on any atom is -0.506 e. The SMILES string of the molecule is Cc1cc(C)cc(-c2nc3cc(N=Cc4cc(I)cc(I)c4O)ccc3o2)c1. The molecule has 1 N–H and O–H groups in total. The van der Waals surface area contributed by atoms with E-state index in [1.54, 1.807) is 6.21 Å². The minimum absolute atomic E-state index is 0.240. The number of phenols is 1. The highest BCUT2D eigenvalue weighted by Crippen LogP contribution is 2.29. The summed E-state index contributed by atoms with van der Waals surface area (Å²) in [5, 5.41) is 10.2. The van der Waals surface area contributed by atoms with E-state index in [4.69, 9.17) is 4.42 Å². The number of hydrogen-bond donors (Lipinski definition) is 1. The zero-order chi connectivity index (χ0) is 19.8. The van der Waals surface area contributed by atoms with Gasteiger partial charge in [-0.25, -0.2) is 4.98 Å². The molecule has 0 aliphatic heterocycles. The maximum atomic E-state index is 10.2. The zero-order valence-corrected chi connectivity index (χ0v) is 19.5. The van der Waals surface area contributed by atoms with Crippen LogP contribution in [0.3, 0.4) is 0 Å². The number of rotatable bonds is 3. The van der Waals surface area contributed by atoms with Gasteiger partial charge in [0.15, 0.2) is 5.58 Å². The van der Waals surface area contributed by atoms with Crippen molar-refractivity contribution < 1.29 is 9.52 Å². The first-order valence-corrected chi connectivity index (χ1v) is 10.8. The number of halogens is 2. The van der Waals surface area contributed by atoms with Crippen molar-refractivity contribution in [1.29, 1.82) is 0 Å². The molecule has 0 radical (unpaired) electrons. The number of oxazole rings is 1. The average molecular weight is 594 g/mol. The van der Waals surface area contributed by atoms with Gasteiger partial charge in [0.05, 0.1) is 9.26 Å². The Morgan fingerprint density at radius 2 is 1.75 bits per heavy atom. The van der Waals surface area contributed by atoms with Crippen molar-refractivity contribution in [2.75, 3.05) is 0 Å². The molecule has 0 saturated carbocycles. The molecule has 1 heterocycles. The van der Waals surface area contributed by atoms with Gasteiger partial charge in [-0.2, -0.15) is 0 Å². The third kappa shape index (κ3) is 4.07. The van der Waals surface area contributed by atoms with Crippen molar-refractivity contribution in [3.63, 3.8) is 0 Å². The maximum absolute atomic E-state index is 10.2. The number of aryl methyl sites for hydroxylation is 2. The van der Waals surface area contributed by atoms with E-state index in [0.717, 1.165) is 29.5 Å². The lowest BCUT2D eigenvalue weighted by Crippen LogP contribution is -1.87. The molecule has 3 aromatic carbocycles. The summed E-state index contributed by atoms with van der Waals surface area (Å²) >= 11 is 4.34. The van der Waals surface area contributed by atoms with Crippen molar-refractivity contribution in [2.45, 2.75) is 13.8 Å². The van der Waals surface area contributed by atoms with Crippen LogP contribution in [0.25, 0.3) is 22.6 Å². The fourth-order valence-corrected chi connectivity index (χ4v) is 4.94. The van der Waals surface area contributed by atoms with E-state index in [1.165, 1.54) is 11.1 Å². The van der Waals surface area contributed by atoms with E-state index in [0.29, 0.717) is 11.5 Å². The second kappa shape index (κ2) is 7.82. The largest absolute Gasteiger partial charge is 0.506 e. The molecular formula is C22H16I2N2O2. The predicted molar refractivity (Wildman–Crippen MR) is 130 cm³/mol. The maximum Gasteiger partial charge on any atom is 0.227 e. The lowest BCUT2D eigenvalue weighted by Gasteiger charge is -2.02. The van der Waals surface area contributed by atoms with Crippen LogP contribution in [0.4, 0.5) is 5.69 Å². The monoisotopic (exact) mass is 594 g/mol. The standard InChI is InChI=1S/C22H16I2N2O2/c1-12-5-13(2)7-14(6-12)22-26-19-10-17(3-4-20(19)28-22)25-11-15-8-16(23)9-18(24)21(15)27/h3-11,27H,1-2H3. The molecule has 0 amide bonds. The first kappa shape index (κ1) is 19.4. The Morgan fingerprint density at radius 3 is 2.50 bits per heavy atom. The topological polar surface area (TPSA) is 58.6 Å². The number of aromatic hydroxyl groups is 1. The van der Waals surface area contributed by atoms with Gasteiger partial charge in [-0.15, -0.1) is 0 Å². The molecule has 0 aliphatic rings. The summed E-state index contributed by atoms with van der Waals surface area (Å²) in [5.74, 6) is 0.845. The third-order valence-corrected chi connectivity index (χ3v) is 5.70. The molecule has 0 saturated heterocycles. The van der Waals surface area contributed by atoms with Crippen molar-refractivity contribution >= 4 is 68.2 Å². The summed E-state index contributed by atoms with van der Waals surface area (Å²) in [6, 6.07) is 15.7. The van der Waals surface area contributed by atoms with Crippen LogP contribution in [0, 0.1) is 21.0 Å². The molecule has 28 heavy (non-hydrogen) atoms. The van der Waals surface area contributed by atoms with Crippen LogP contribution in [0.1, 0.15) is 16.7 Å². The van der Waals surface area contributed by atoms with Gasteiger partial charge in [-0.3, -0.25) is 4.99 Å². The number of phenolic OH excluding ortho intramolecular Hbond substituents is 1. The third-order valence-electron chi connectivity index (χ3n) is 4.25. The molecule has 0 unspecified atom stereocenters. The van der Waals surface area contributed by atoms with E-state index in [2.05, 4.69) is 87.2 Å². The Hall–Kier alpha value is -1.94. The Labute approximate surface area is 190 Å². The fourth-order valence-electron chi connectivity index (χ4n) is 3.05. The van der Waals surface area contributed by atoms with Gasteiger partial charge in [0.25, 0.3) is 0 Å². The molecule has 140 valence electrons. The van der Waals surface area contributed by atoms with E-state index < -0.39 is 0 Å². The van der Waals surface area contributed by atoms with E-state index in [-0.39, 0.29) is 5.75 Å². The molecule has 0 fully saturated rings. The zero-order valence-electron chi connectivity index (χ0n) is 15.2. The quantitative estimate of drug-likeness (QED) is 0.210. The van der Waals surface area contributed by atoms with Gasteiger partial charge < -0.3 is 9.52 Å². The van der Waals surface area contributed by atoms with Gasteiger partial charge >= 0.3 is 0 Å². The minimum atomic E-state index is 0.240. The highest BCUT2D eigenvalue weighted by atomic mass is 127. The van der Waals surface area contributed by atoms with Crippen molar-refractivity contribution in [1.82, 2.24) is 4.98 Å². The Kier molecular flexibility index (Phi) is 5.42. The van der Waals surface area contributed by atoms with Crippen LogP contribution in [-0.2, 0) is 0 Å². The number of aliphatic imine (C=N–C) groups is 1. The van der Waals surface area contributed by atoms with Crippen LogP contribution in [0.5, 0.6) is 5.75 Å². The summed E-state index contributed by atoms with van der Waals surface area (Å²) in [6.45, 7) is 4.13. The van der Waals surface area contributed by atoms with Crippen molar-refractivity contribution in [3.05, 3.63) is 72.4 Å². The molecule has 4 aromatic rings. The highest BCUT2D eigenvalue weighted by molar-refractivity contribution is 14.1. The van der Waals surface area contributed by atoms with Crippen LogP contribution < -0.4 is 0 Å². The lowest BCUT2D eigenvalue weighted by molar-refractivity contribution is 0.470. The normalized spacial score (nSPS) is 11.6. The Balaban J connectivity index is 1.69. The van der Waals surface area contributed by atoms with Crippen molar-refractivity contribution in [3.8, 4) is 17.2 Å². The molecule has 0 aliphatic carbocycles. The van der Waals surface area contributed by atoms with Crippen LogP contribution in [-0.4, -0.2) is 16.3 Å². The van der Waals surface area contributed by atoms with Gasteiger partial charge in [0.2, 0.25) is 5.89 Å². The number of fused-ring (bicyclic) bond motifs is 1. The summed E-state index contributed by atoms with van der Waals surface area (Å²) in [4.78, 5) is 9.14. The molecule has 4 rings (SSSR count). The first-order valence-electron chi connectivity index (χ1n) is 8.60. The predicted octanol–water partition coefficient (Wildman–Crippen LogP) is 6.78.